The Balaban J connectivity index is 2.54. The first-order valence-corrected chi connectivity index (χ1v) is 5.74. The number of thiazole rings is 1. The number of aliphatic hydroxyl groups excluding tert-OH is 2. The highest BCUT2D eigenvalue weighted by Gasteiger charge is 2.33. The predicted molar refractivity (Wildman–Crippen MR) is 50.9 cm³/mol. The average molecular weight is 259 g/mol. The summed E-state index contributed by atoms with van der Waals surface area (Å²) in [5.74, 6) is 0.126. The number of halogens is 3. The van der Waals surface area contributed by atoms with E-state index in [-0.39, 0.29) is 10.1 Å². The maximum absolute atomic E-state index is 12.1. The van der Waals surface area contributed by atoms with Gasteiger partial charge in [0.25, 0.3) is 0 Å². The van der Waals surface area contributed by atoms with Gasteiger partial charge in [0.15, 0.2) is 10.0 Å². The van der Waals surface area contributed by atoms with Gasteiger partial charge in [-0.2, -0.15) is 13.2 Å². The summed E-state index contributed by atoms with van der Waals surface area (Å²) in [6, 6.07) is 0. The lowest BCUT2D eigenvalue weighted by atomic mass is 10.4. The minimum absolute atomic E-state index is 0.126. The van der Waals surface area contributed by atoms with Gasteiger partial charge in [-0.1, -0.05) is 11.8 Å². The zero-order chi connectivity index (χ0) is 11.5. The van der Waals surface area contributed by atoms with Crippen molar-refractivity contribution in [2.24, 2.45) is 0 Å². The molecule has 0 aliphatic carbocycles. The van der Waals surface area contributed by atoms with Crippen molar-refractivity contribution in [1.29, 1.82) is 0 Å². The molecular weight excluding hydrogens is 251 g/mol. The summed E-state index contributed by atoms with van der Waals surface area (Å²) < 4.78 is 36.6. The third kappa shape index (κ3) is 3.98. The number of alkyl halides is 3. The van der Waals surface area contributed by atoms with Gasteiger partial charge in [0.2, 0.25) is 0 Å². The molecule has 1 rings (SSSR count). The molecule has 0 bridgehead atoms. The van der Waals surface area contributed by atoms with E-state index in [9.17, 15) is 13.2 Å². The van der Waals surface area contributed by atoms with Crippen LogP contribution in [0.3, 0.4) is 0 Å². The molecule has 3 nitrogen and oxygen atoms in total. The molecule has 0 amide bonds. The molecule has 86 valence electrons. The van der Waals surface area contributed by atoms with Crippen molar-refractivity contribution in [3.8, 4) is 0 Å². The van der Waals surface area contributed by atoms with Crippen LogP contribution >= 0.6 is 23.1 Å². The standard InChI is InChI=1S/C7H8F3NO2S2/c8-7(9,10)5-3-15-6(11-5)14-2-4(13)1-12/h3-4,12-13H,1-2H2/t4-/m0/s1. The van der Waals surface area contributed by atoms with Crippen LogP contribution in [0, 0.1) is 0 Å². The minimum Gasteiger partial charge on any atom is -0.394 e. The highest BCUT2D eigenvalue weighted by Crippen LogP contribution is 2.33. The maximum Gasteiger partial charge on any atom is 0.434 e. The van der Waals surface area contributed by atoms with Gasteiger partial charge in [-0.05, 0) is 0 Å². The van der Waals surface area contributed by atoms with Crippen molar-refractivity contribution < 1.29 is 23.4 Å². The number of aromatic nitrogens is 1. The van der Waals surface area contributed by atoms with Crippen molar-refractivity contribution in [3.63, 3.8) is 0 Å². The Hall–Kier alpha value is -0.310. The Morgan fingerprint density at radius 2 is 2.20 bits per heavy atom. The van der Waals surface area contributed by atoms with Gasteiger partial charge in [0.05, 0.1) is 12.7 Å². The molecular formula is C7H8F3NO2S2. The molecule has 0 aliphatic heterocycles. The van der Waals surface area contributed by atoms with Gasteiger partial charge in [-0.3, -0.25) is 0 Å². The summed E-state index contributed by atoms with van der Waals surface area (Å²) >= 11 is 1.86. The second-order valence-corrected chi connectivity index (χ2v) is 4.77. The van der Waals surface area contributed by atoms with Crippen molar-refractivity contribution in [2.45, 2.75) is 16.6 Å². The number of rotatable bonds is 4. The van der Waals surface area contributed by atoms with Crippen LogP contribution in [-0.2, 0) is 6.18 Å². The van der Waals surface area contributed by atoms with Gasteiger partial charge >= 0.3 is 6.18 Å². The molecule has 2 N–H and O–H groups in total. The highest BCUT2D eigenvalue weighted by atomic mass is 32.2. The molecule has 0 unspecified atom stereocenters. The molecule has 0 spiro atoms. The van der Waals surface area contributed by atoms with Crippen LogP contribution in [0.2, 0.25) is 0 Å². The quantitative estimate of drug-likeness (QED) is 0.807. The molecule has 0 aromatic carbocycles. The van der Waals surface area contributed by atoms with Crippen LogP contribution in [0.25, 0.3) is 0 Å². The van der Waals surface area contributed by atoms with Crippen LogP contribution in [0.15, 0.2) is 9.72 Å². The minimum atomic E-state index is -4.43. The number of hydrogen-bond acceptors (Lipinski definition) is 5. The van der Waals surface area contributed by atoms with Gasteiger partial charge in [-0.15, -0.1) is 11.3 Å². The third-order valence-electron chi connectivity index (χ3n) is 1.38. The zero-order valence-corrected chi connectivity index (χ0v) is 8.99. The van der Waals surface area contributed by atoms with Gasteiger partial charge < -0.3 is 10.2 Å². The molecule has 0 saturated carbocycles. The molecule has 0 aliphatic rings. The van der Waals surface area contributed by atoms with Crippen LogP contribution in [0.4, 0.5) is 13.2 Å². The molecule has 8 heteroatoms. The van der Waals surface area contributed by atoms with Crippen LogP contribution in [-0.4, -0.2) is 33.7 Å². The predicted octanol–water partition coefficient (Wildman–Crippen LogP) is 1.61. The second-order valence-electron chi connectivity index (χ2n) is 2.64. The second kappa shape index (κ2) is 5.15. The Morgan fingerprint density at radius 3 is 2.67 bits per heavy atom. The van der Waals surface area contributed by atoms with Crippen molar-refractivity contribution in [2.75, 3.05) is 12.4 Å². The van der Waals surface area contributed by atoms with E-state index in [4.69, 9.17) is 10.2 Å². The summed E-state index contributed by atoms with van der Waals surface area (Å²) in [5.41, 5.74) is -0.923. The third-order valence-corrected chi connectivity index (χ3v) is 3.55. The summed E-state index contributed by atoms with van der Waals surface area (Å²) in [6.07, 6.45) is -5.36. The molecule has 1 atom stereocenters. The van der Waals surface area contributed by atoms with E-state index < -0.39 is 24.6 Å². The van der Waals surface area contributed by atoms with E-state index >= 15 is 0 Å². The first-order chi connectivity index (χ1) is 6.93. The average Bonchev–Trinajstić information content (AvgIpc) is 2.61. The largest absolute Gasteiger partial charge is 0.434 e. The first-order valence-electron chi connectivity index (χ1n) is 3.88. The SMILES string of the molecule is OC[C@H](O)CSc1nc(C(F)(F)F)cs1. The van der Waals surface area contributed by atoms with E-state index in [1.165, 1.54) is 0 Å². The number of hydrogen-bond donors (Lipinski definition) is 2. The normalized spacial score (nSPS) is 14.2. The van der Waals surface area contributed by atoms with Crippen LogP contribution in [0.5, 0.6) is 0 Å². The van der Waals surface area contributed by atoms with Gasteiger partial charge in [-0.25, -0.2) is 4.98 Å². The Bertz CT molecular complexity index is 315. The first kappa shape index (κ1) is 12.8. The summed E-state index contributed by atoms with van der Waals surface area (Å²) in [4.78, 5) is 3.35. The van der Waals surface area contributed by atoms with Crippen molar-refractivity contribution in [3.05, 3.63) is 11.1 Å². The van der Waals surface area contributed by atoms with E-state index in [1.807, 2.05) is 0 Å². The molecule has 1 aromatic rings. The van der Waals surface area contributed by atoms with E-state index in [0.717, 1.165) is 28.5 Å². The van der Waals surface area contributed by atoms with Gasteiger partial charge in [0, 0.05) is 11.1 Å². The fourth-order valence-corrected chi connectivity index (χ4v) is 2.45. The lowest BCUT2D eigenvalue weighted by Gasteiger charge is -2.03. The smallest absolute Gasteiger partial charge is 0.394 e. The fourth-order valence-electron chi connectivity index (χ4n) is 0.674. The molecule has 1 heterocycles. The molecule has 0 fully saturated rings. The van der Waals surface area contributed by atoms with Crippen molar-refractivity contribution >= 4 is 23.1 Å². The van der Waals surface area contributed by atoms with Crippen LogP contribution < -0.4 is 0 Å². The summed E-state index contributed by atoms with van der Waals surface area (Å²) in [5, 5.41) is 18.4. The summed E-state index contributed by atoms with van der Waals surface area (Å²) in [7, 11) is 0. The molecule has 0 saturated heterocycles. The highest BCUT2D eigenvalue weighted by molar-refractivity contribution is 8.01. The van der Waals surface area contributed by atoms with E-state index in [0.29, 0.717) is 0 Å². The number of thioether (sulfide) groups is 1. The molecule has 15 heavy (non-hydrogen) atoms. The van der Waals surface area contributed by atoms with Crippen LogP contribution in [0.1, 0.15) is 5.69 Å². The fraction of sp³-hybridized carbons (Fsp3) is 0.571. The van der Waals surface area contributed by atoms with E-state index in [2.05, 4.69) is 4.98 Å². The van der Waals surface area contributed by atoms with Gasteiger partial charge in [0.1, 0.15) is 0 Å². The topological polar surface area (TPSA) is 53.4 Å². The monoisotopic (exact) mass is 259 g/mol. The number of aliphatic hydroxyl groups is 2. The number of nitrogens with zero attached hydrogens (tertiary/aromatic N) is 1. The Morgan fingerprint density at radius 1 is 1.53 bits per heavy atom. The Kier molecular flexibility index (Phi) is 4.38. The lowest BCUT2D eigenvalue weighted by Crippen LogP contribution is -2.14. The maximum atomic E-state index is 12.1. The Labute approximate surface area is 92.0 Å². The summed E-state index contributed by atoms with van der Waals surface area (Å²) in [6.45, 7) is -0.412. The molecule has 0 radical (unpaired) electrons. The zero-order valence-electron chi connectivity index (χ0n) is 7.36. The lowest BCUT2D eigenvalue weighted by molar-refractivity contribution is -0.141. The van der Waals surface area contributed by atoms with Crippen molar-refractivity contribution in [1.82, 2.24) is 4.98 Å². The molecule has 1 aromatic heterocycles. The van der Waals surface area contributed by atoms with E-state index in [1.54, 1.807) is 0 Å².